The Morgan fingerprint density at radius 2 is 1.96 bits per heavy atom. The summed E-state index contributed by atoms with van der Waals surface area (Å²) in [4.78, 5) is 23.3. The highest BCUT2D eigenvalue weighted by Crippen LogP contribution is 2.30. The van der Waals surface area contributed by atoms with E-state index in [0.29, 0.717) is 17.0 Å². The third-order valence-corrected chi connectivity index (χ3v) is 3.79. The molecule has 144 valence electrons. The Morgan fingerprint density at radius 1 is 1.21 bits per heavy atom. The number of aryl methyl sites for hydroxylation is 1. The Kier molecular flexibility index (Phi) is 6.77. The fraction of sp³-hybridized carbons (Fsp3) is 0.190. The molecule has 0 aliphatic heterocycles. The summed E-state index contributed by atoms with van der Waals surface area (Å²) in [5.74, 6) is -1.10. The van der Waals surface area contributed by atoms with Crippen LogP contribution in [0.3, 0.4) is 0 Å². The molecule has 2 rings (SSSR count). The number of methoxy groups -OCH3 is 1. The quantitative estimate of drug-likeness (QED) is 0.563. The molecule has 2 aromatic carbocycles. The van der Waals surface area contributed by atoms with E-state index in [4.69, 9.17) is 14.6 Å². The van der Waals surface area contributed by atoms with Gasteiger partial charge in [-0.3, -0.25) is 4.79 Å². The maximum absolute atomic E-state index is 12.4. The van der Waals surface area contributed by atoms with Gasteiger partial charge in [0.05, 0.1) is 7.11 Å². The van der Waals surface area contributed by atoms with Gasteiger partial charge in [0.2, 0.25) is 0 Å². The first-order chi connectivity index (χ1) is 13.3. The summed E-state index contributed by atoms with van der Waals surface area (Å²) in [5, 5.41) is 21.0. The molecule has 0 bridgehead atoms. The van der Waals surface area contributed by atoms with Crippen LogP contribution in [0.1, 0.15) is 18.1 Å². The van der Waals surface area contributed by atoms with Crippen molar-refractivity contribution >= 4 is 23.6 Å². The lowest BCUT2D eigenvalue weighted by molar-refractivity contribution is -0.144. The SMILES string of the molecule is COc1cc(/C=C(/C#N)C(=O)Nc2cccc(C)c2)ccc1O[C@H](C)C(=O)O. The summed E-state index contributed by atoms with van der Waals surface area (Å²) in [6, 6.07) is 13.8. The van der Waals surface area contributed by atoms with E-state index in [0.717, 1.165) is 5.56 Å². The molecule has 0 aromatic heterocycles. The Morgan fingerprint density at radius 3 is 2.57 bits per heavy atom. The van der Waals surface area contributed by atoms with Crippen LogP contribution in [0.4, 0.5) is 5.69 Å². The Bertz CT molecular complexity index is 960. The van der Waals surface area contributed by atoms with Gasteiger partial charge in [0.25, 0.3) is 5.91 Å². The minimum absolute atomic E-state index is 0.0869. The third kappa shape index (κ3) is 5.35. The lowest BCUT2D eigenvalue weighted by Crippen LogP contribution is -2.23. The van der Waals surface area contributed by atoms with Gasteiger partial charge in [-0.1, -0.05) is 18.2 Å². The number of carboxylic acids is 1. The maximum atomic E-state index is 12.4. The first kappa shape index (κ1) is 20.5. The fourth-order valence-corrected chi connectivity index (χ4v) is 2.35. The molecule has 7 nitrogen and oxygen atoms in total. The molecule has 0 aliphatic rings. The standard InChI is InChI=1S/C21H20N2O5/c1-13-5-4-6-17(9-13)23-20(24)16(12-22)10-15-7-8-18(19(11-15)27-3)28-14(2)21(25)26/h4-11,14H,1-3H3,(H,23,24)(H,25,26)/b16-10-/t14-/m1/s1. The van der Waals surface area contributed by atoms with E-state index in [1.807, 2.05) is 25.1 Å². The number of anilines is 1. The smallest absolute Gasteiger partial charge is 0.344 e. The molecule has 2 aromatic rings. The normalized spacial score (nSPS) is 11.9. The van der Waals surface area contributed by atoms with Gasteiger partial charge in [-0.2, -0.15) is 5.26 Å². The summed E-state index contributed by atoms with van der Waals surface area (Å²) in [5.41, 5.74) is 2.02. The first-order valence-corrected chi connectivity index (χ1v) is 8.41. The van der Waals surface area contributed by atoms with E-state index in [-0.39, 0.29) is 11.3 Å². The number of hydrogen-bond donors (Lipinski definition) is 2. The van der Waals surface area contributed by atoms with Crippen molar-refractivity contribution in [1.29, 1.82) is 5.26 Å². The highest BCUT2D eigenvalue weighted by molar-refractivity contribution is 6.09. The Labute approximate surface area is 162 Å². The zero-order valence-electron chi connectivity index (χ0n) is 15.7. The van der Waals surface area contributed by atoms with Gasteiger partial charge in [0.1, 0.15) is 11.6 Å². The van der Waals surface area contributed by atoms with Gasteiger partial charge < -0.3 is 19.9 Å². The average molecular weight is 380 g/mol. The van der Waals surface area contributed by atoms with Gasteiger partial charge in [0.15, 0.2) is 17.6 Å². The number of benzene rings is 2. The summed E-state index contributed by atoms with van der Waals surface area (Å²) in [7, 11) is 1.41. The van der Waals surface area contributed by atoms with Crippen LogP contribution < -0.4 is 14.8 Å². The van der Waals surface area contributed by atoms with Crippen LogP contribution in [-0.4, -0.2) is 30.2 Å². The van der Waals surface area contributed by atoms with Gasteiger partial charge >= 0.3 is 5.97 Å². The molecule has 0 fully saturated rings. The van der Waals surface area contributed by atoms with Crippen LogP contribution in [0.25, 0.3) is 6.08 Å². The molecule has 0 heterocycles. The number of nitriles is 1. The number of amides is 1. The van der Waals surface area contributed by atoms with E-state index in [2.05, 4.69) is 5.32 Å². The number of aliphatic carboxylic acids is 1. The van der Waals surface area contributed by atoms with Crippen LogP contribution in [0.15, 0.2) is 48.0 Å². The zero-order valence-corrected chi connectivity index (χ0v) is 15.7. The second kappa shape index (κ2) is 9.24. The van der Waals surface area contributed by atoms with Crippen molar-refractivity contribution in [3.8, 4) is 17.6 Å². The van der Waals surface area contributed by atoms with Crippen LogP contribution in [-0.2, 0) is 9.59 Å². The zero-order chi connectivity index (χ0) is 20.7. The Hall–Kier alpha value is -3.79. The number of carbonyl (C=O) groups excluding carboxylic acids is 1. The van der Waals surface area contributed by atoms with Crippen molar-refractivity contribution in [3.05, 3.63) is 59.2 Å². The lowest BCUT2D eigenvalue weighted by atomic mass is 10.1. The van der Waals surface area contributed by atoms with Crippen LogP contribution in [0, 0.1) is 18.3 Å². The molecular weight excluding hydrogens is 360 g/mol. The average Bonchev–Trinajstić information content (AvgIpc) is 2.66. The maximum Gasteiger partial charge on any atom is 0.344 e. The molecule has 0 spiro atoms. The Balaban J connectivity index is 2.24. The van der Waals surface area contributed by atoms with Gasteiger partial charge in [-0.25, -0.2) is 4.79 Å². The van der Waals surface area contributed by atoms with Crippen molar-refractivity contribution < 1.29 is 24.2 Å². The minimum atomic E-state index is -1.11. The second-order valence-electron chi connectivity index (χ2n) is 6.00. The summed E-state index contributed by atoms with van der Waals surface area (Å²) in [6.45, 7) is 3.30. The molecule has 2 N–H and O–H groups in total. The molecule has 1 amide bonds. The van der Waals surface area contributed by atoms with E-state index >= 15 is 0 Å². The molecule has 7 heteroatoms. The highest BCUT2D eigenvalue weighted by atomic mass is 16.5. The molecule has 1 atom stereocenters. The summed E-state index contributed by atoms with van der Waals surface area (Å²) < 4.78 is 10.6. The topological polar surface area (TPSA) is 109 Å². The number of rotatable bonds is 7. The number of nitrogens with one attached hydrogen (secondary N) is 1. The highest BCUT2D eigenvalue weighted by Gasteiger charge is 2.16. The molecule has 0 saturated carbocycles. The van der Waals surface area contributed by atoms with Gasteiger partial charge in [-0.05, 0) is 55.3 Å². The lowest BCUT2D eigenvalue weighted by Gasteiger charge is -2.14. The summed E-state index contributed by atoms with van der Waals surface area (Å²) in [6.07, 6.45) is 0.364. The molecule has 28 heavy (non-hydrogen) atoms. The van der Waals surface area contributed by atoms with E-state index in [1.165, 1.54) is 26.2 Å². The molecular formula is C21H20N2O5. The van der Waals surface area contributed by atoms with Crippen molar-refractivity contribution in [2.75, 3.05) is 12.4 Å². The van der Waals surface area contributed by atoms with Crippen molar-refractivity contribution in [2.45, 2.75) is 20.0 Å². The molecule has 0 aliphatic carbocycles. The third-order valence-electron chi connectivity index (χ3n) is 3.79. The van der Waals surface area contributed by atoms with Gasteiger partial charge in [-0.15, -0.1) is 0 Å². The number of nitrogens with zero attached hydrogens (tertiary/aromatic N) is 1. The second-order valence-corrected chi connectivity index (χ2v) is 6.00. The van der Waals surface area contributed by atoms with Crippen molar-refractivity contribution in [1.82, 2.24) is 0 Å². The minimum Gasteiger partial charge on any atom is -0.493 e. The van der Waals surface area contributed by atoms with E-state index in [9.17, 15) is 14.9 Å². The van der Waals surface area contributed by atoms with E-state index < -0.39 is 18.0 Å². The fourth-order valence-electron chi connectivity index (χ4n) is 2.35. The molecule has 0 unspecified atom stereocenters. The van der Waals surface area contributed by atoms with Crippen LogP contribution >= 0.6 is 0 Å². The largest absolute Gasteiger partial charge is 0.493 e. The van der Waals surface area contributed by atoms with Crippen LogP contribution in [0.5, 0.6) is 11.5 Å². The molecule has 0 saturated heterocycles. The number of hydrogen-bond acceptors (Lipinski definition) is 5. The predicted octanol–water partition coefficient (Wildman–Crippen LogP) is 3.40. The number of ether oxygens (including phenoxy) is 2. The van der Waals surface area contributed by atoms with E-state index in [1.54, 1.807) is 24.3 Å². The number of carboxylic acid groups (broad SMARTS) is 1. The van der Waals surface area contributed by atoms with Crippen molar-refractivity contribution in [3.63, 3.8) is 0 Å². The van der Waals surface area contributed by atoms with Crippen LogP contribution in [0.2, 0.25) is 0 Å². The molecule has 0 radical (unpaired) electrons. The predicted molar refractivity (Wildman–Crippen MR) is 104 cm³/mol. The number of carbonyl (C=O) groups is 2. The first-order valence-electron chi connectivity index (χ1n) is 8.41. The monoisotopic (exact) mass is 380 g/mol. The van der Waals surface area contributed by atoms with Gasteiger partial charge in [0, 0.05) is 5.69 Å². The summed E-state index contributed by atoms with van der Waals surface area (Å²) >= 11 is 0. The van der Waals surface area contributed by atoms with Crippen molar-refractivity contribution in [2.24, 2.45) is 0 Å².